The van der Waals surface area contributed by atoms with Crippen LogP contribution in [0.1, 0.15) is 33.5 Å². The van der Waals surface area contributed by atoms with Crippen LogP contribution in [-0.2, 0) is 16.1 Å². The summed E-state index contributed by atoms with van der Waals surface area (Å²) >= 11 is 1.14. The molecule has 3 rings (SSSR count). The third-order valence-corrected chi connectivity index (χ3v) is 5.17. The van der Waals surface area contributed by atoms with Gasteiger partial charge in [0.2, 0.25) is 11.8 Å². The van der Waals surface area contributed by atoms with Crippen molar-refractivity contribution in [2.45, 2.75) is 19.0 Å². The van der Waals surface area contributed by atoms with E-state index in [1.165, 1.54) is 22.4 Å². The van der Waals surface area contributed by atoms with E-state index < -0.39 is 17.9 Å². The van der Waals surface area contributed by atoms with E-state index >= 15 is 0 Å². The van der Waals surface area contributed by atoms with Gasteiger partial charge in [-0.2, -0.15) is 0 Å². The van der Waals surface area contributed by atoms with E-state index in [-0.39, 0.29) is 36.3 Å². The van der Waals surface area contributed by atoms with Gasteiger partial charge in [0.1, 0.15) is 10.8 Å². The first-order valence-electron chi connectivity index (χ1n) is 7.83. The molecule has 1 saturated heterocycles. The van der Waals surface area contributed by atoms with E-state index in [0.29, 0.717) is 10.6 Å². The number of nitrogens with one attached hydrogen (secondary N) is 1. The smallest absolute Gasteiger partial charge is 0.355 e. The van der Waals surface area contributed by atoms with Gasteiger partial charge in [-0.25, -0.2) is 14.2 Å². The van der Waals surface area contributed by atoms with E-state index in [1.807, 2.05) is 0 Å². The number of rotatable bonds is 5. The topological polar surface area (TPSA) is 99.6 Å². The van der Waals surface area contributed by atoms with Crippen LogP contribution in [0.4, 0.5) is 4.39 Å². The predicted molar refractivity (Wildman–Crippen MR) is 90.9 cm³/mol. The number of carbonyl (C=O) groups excluding carboxylic acids is 2. The summed E-state index contributed by atoms with van der Waals surface area (Å²) in [5, 5.41) is 13.4. The van der Waals surface area contributed by atoms with Gasteiger partial charge >= 0.3 is 5.97 Å². The number of benzene rings is 1. The SMILES string of the molecule is CN1C(=O)CC(C(=O)NCc2nc(C(=O)O)cs2)C1c1ccc(F)cc1. The van der Waals surface area contributed by atoms with E-state index in [2.05, 4.69) is 10.3 Å². The molecule has 7 nitrogen and oxygen atoms in total. The van der Waals surface area contributed by atoms with Crippen LogP contribution in [-0.4, -0.2) is 39.8 Å². The van der Waals surface area contributed by atoms with Crippen molar-refractivity contribution >= 4 is 29.1 Å². The van der Waals surface area contributed by atoms with Crippen LogP contribution in [0, 0.1) is 11.7 Å². The largest absolute Gasteiger partial charge is 0.476 e. The molecule has 0 aliphatic carbocycles. The van der Waals surface area contributed by atoms with Crippen molar-refractivity contribution in [3.63, 3.8) is 0 Å². The summed E-state index contributed by atoms with van der Waals surface area (Å²) in [6.45, 7) is 0.0846. The Morgan fingerprint density at radius 2 is 2.08 bits per heavy atom. The van der Waals surface area contributed by atoms with Crippen LogP contribution in [0.2, 0.25) is 0 Å². The van der Waals surface area contributed by atoms with E-state index in [4.69, 9.17) is 5.11 Å². The van der Waals surface area contributed by atoms with Crippen LogP contribution >= 0.6 is 11.3 Å². The van der Waals surface area contributed by atoms with Crippen molar-refractivity contribution in [1.29, 1.82) is 0 Å². The minimum Gasteiger partial charge on any atom is -0.476 e. The number of hydrogen-bond acceptors (Lipinski definition) is 5. The highest BCUT2D eigenvalue weighted by atomic mass is 32.1. The summed E-state index contributed by atoms with van der Waals surface area (Å²) in [6, 6.07) is 5.24. The Bertz CT molecular complexity index is 852. The van der Waals surface area contributed by atoms with Crippen LogP contribution in [0.3, 0.4) is 0 Å². The molecule has 0 saturated carbocycles. The second kappa shape index (κ2) is 7.20. The number of amides is 2. The summed E-state index contributed by atoms with van der Waals surface area (Å²) in [7, 11) is 1.61. The number of aromatic carboxylic acids is 1. The molecule has 2 atom stereocenters. The molecule has 2 unspecified atom stereocenters. The monoisotopic (exact) mass is 377 g/mol. The molecule has 1 fully saturated rings. The lowest BCUT2D eigenvalue weighted by molar-refractivity contribution is -0.128. The van der Waals surface area contributed by atoms with Gasteiger partial charge in [0.25, 0.3) is 0 Å². The zero-order chi connectivity index (χ0) is 18.8. The molecular weight excluding hydrogens is 361 g/mol. The minimum absolute atomic E-state index is 0.0582. The Morgan fingerprint density at radius 1 is 1.38 bits per heavy atom. The average molecular weight is 377 g/mol. The first-order chi connectivity index (χ1) is 12.4. The molecule has 2 N–H and O–H groups in total. The lowest BCUT2D eigenvalue weighted by Crippen LogP contribution is -2.34. The Kier molecular flexibility index (Phi) is 4.99. The van der Waals surface area contributed by atoms with Crippen molar-refractivity contribution in [2.75, 3.05) is 7.05 Å². The first-order valence-corrected chi connectivity index (χ1v) is 8.71. The number of halogens is 1. The molecular formula is C17H16FN3O4S. The van der Waals surface area contributed by atoms with Gasteiger partial charge in [-0.05, 0) is 17.7 Å². The van der Waals surface area contributed by atoms with Gasteiger partial charge in [-0.3, -0.25) is 9.59 Å². The van der Waals surface area contributed by atoms with Gasteiger partial charge in [0, 0.05) is 18.8 Å². The third kappa shape index (κ3) is 3.57. The summed E-state index contributed by atoms with van der Waals surface area (Å²) in [5.74, 6) is -2.62. The molecule has 0 spiro atoms. The maximum atomic E-state index is 13.2. The highest BCUT2D eigenvalue weighted by Crippen LogP contribution is 2.37. The highest BCUT2D eigenvalue weighted by Gasteiger charge is 2.42. The molecule has 2 heterocycles. The van der Waals surface area contributed by atoms with Crippen molar-refractivity contribution in [3.8, 4) is 0 Å². The average Bonchev–Trinajstić information content (AvgIpc) is 3.20. The Hall–Kier alpha value is -2.81. The standard InChI is InChI=1S/C17H16FN3O4S/c1-21-14(22)6-11(15(21)9-2-4-10(18)5-3-9)16(23)19-7-13-20-12(8-26-13)17(24)25/h2-5,8,11,15H,6-7H2,1H3,(H,19,23)(H,24,25). The molecule has 136 valence electrons. The first kappa shape index (κ1) is 18.0. The van der Waals surface area contributed by atoms with E-state index in [9.17, 15) is 18.8 Å². The Morgan fingerprint density at radius 3 is 2.69 bits per heavy atom. The van der Waals surface area contributed by atoms with E-state index in [0.717, 1.165) is 11.3 Å². The van der Waals surface area contributed by atoms with Crippen molar-refractivity contribution in [3.05, 3.63) is 51.7 Å². The van der Waals surface area contributed by atoms with Gasteiger partial charge < -0.3 is 15.3 Å². The number of carbonyl (C=O) groups is 3. The number of hydrogen-bond donors (Lipinski definition) is 2. The van der Waals surface area contributed by atoms with Crippen LogP contribution < -0.4 is 5.32 Å². The second-order valence-corrected chi connectivity index (χ2v) is 6.90. The van der Waals surface area contributed by atoms with Crippen LogP contribution in [0.15, 0.2) is 29.6 Å². The fourth-order valence-electron chi connectivity index (χ4n) is 3.00. The van der Waals surface area contributed by atoms with Crippen LogP contribution in [0.5, 0.6) is 0 Å². The zero-order valence-corrected chi connectivity index (χ0v) is 14.6. The minimum atomic E-state index is -1.13. The number of thiazole rings is 1. The predicted octanol–water partition coefficient (Wildman–Crippen LogP) is 1.82. The lowest BCUT2D eigenvalue weighted by atomic mass is 9.93. The maximum Gasteiger partial charge on any atom is 0.355 e. The molecule has 1 aromatic carbocycles. The fraction of sp³-hybridized carbons (Fsp3) is 0.294. The van der Waals surface area contributed by atoms with Crippen molar-refractivity contribution in [1.82, 2.24) is 15.2 Å². The number of aromatic nitrogens is 1. The molecule has 2 amide bonds. The second-order valence-electron chi connectivity index (χ2n) is 5.96. The van der Waals surface area contributed by atoms with Crippen molar-refractivity contribution < 1.29 is 23.9 Å². The van der Waals surface area contributed by atoms with Gasteiger partial charge in [0.05, 0.1) is 18.5 Å². The quantitative estimate of drug-likeness (QED) is 0.828. The summed E-state index contributed by atoms with van der Waals surface area (Å²) in [5.41, 5.74) is 0.613. The summed E-state index contributed by atoms with van der Waals surface area (Å²) in [4.78, 5) is 40.9. The molecule has 1 aromatic heterocycles. The summed E-state index contributed by atoms with van der Waals surface area (Å²) < 4.78 is 13.2. The van der Waals surface area contributed by atoms with Crippen LogP contribution in [0.25, 0.3) is 0 Å². The summed E-state index contributed by atoms with van der Waals surface area (Å²) in [6.07, 6.45) is 0.0582. The molecule has 0 bridgehead atoms. The maximum absolute atomic E-state index is 13.2. The number of carboxylic acids is 1. The van der Waals surface area contributed by atoms with Gasteiger partial charge in [0.15, 0.2) is 5.69 Å². The molecule has 26 heavy (non-hydrogen) atoms. The van der Waals surface area contributed by atoms with E-state index in [1.54, 1.807) is 19.2 Å². The molecule has 0 radical (unpaired) electrons. The zero-order valence-electron chi connectivity index (χ0n) is 13.8. The van der Waals surface area contributed by atoms with Crippen molar-refractivity contribution in [2.24, 2.45) is 5.92 Å². The molecule has 9 heteroatoms. The Labute approximate surface area is 152 Å². The molecule has 1 aliphatic rings. The van der Waals surface area contributed by atoms with Gasteiger partial charge in [-0.15, -0.1) is 11.3 Å². The molecule has 1 aliphatic heterocycles. The number of likely N-dealkylation sites (tertiary alicyclic amines) is 1. The fourth-order valence-corrected chi connectivity index (χ4v) is 3.71. The number of nitrogens with zero attached hydrogens (tertiary/aromatic N) is 2. The highest BCUT2D eigenvalue weighted by molar-refractivity contribution is 7.09. The van der Waals surface area contributed by atoms with Gasteiger partial charge in [-0.1, -0.05) is 12.1 Å². The lowest BCUT2D eigenvalue weighted by Gasteiger charge is -2.24. The Balaban J connectivity index is 1.72. The number of carboxylic acid groups (broad SMARTS) is 1. The molecule has 2 aromatic rings. The normalized spacial score (nSPS) is 19.6. The third-order valence-electron chi connectivity index (χ3n) is 4.32.